The number of methoxy groups -OCH3 is 1. The lowest BCUT2D eigenvalue weighted by Gasteiger charge is -2.51. The third kappa shape index (κ3) is 2.24. The molecule has 4 aliphatic rings. The number of carbonyl (C=O) groups is 2. The molecule has 5 rings (SSSR count). The van der Waals surface area contributed by atoms with Crippen LogP contribution in [0.3, 0.4) is 0 Å². The van der Waals surface area contributed by atoms with Crippen molar-refractivity contribution in [3.8, 4) is 0 Å². The number of nitrogens with zero attached hydrogens (tertiary/aromatic N) is 1. The van der Waals surface area contributed by atoms with E-state index in [0.29, 0.717) is 17.9 Å². The first kappa shape index (κ1) is 14.6. The highest BCUT2D eigenvalue weighted by molar-refractivity contribution is 5.98. The summed E-state index contributed by atoms with van der Waals surface area (Å²) in [5.41, 5.74) is 1.71. The number of carbonyl (C=O) groups excluding carboxylic acids is 2. The van der Waals surface area contributed by atoms with Crippen molar-refractivity contribution in [3.05, 3.63) is 23.5 Å². The van der Waals surface area contributed by atoms with Crippen LogP contribution in [0.2, 0.25) is 0 Å². The van der Waals surface area contributed by atoms with E-state index >= 15 is 0 Å². The summed E-state index contributed by atoms with van der Waals surface area (Å²) in [6, 6.07) is 1.85. The summed E-state index contributed by atoms with van der Waals surface area (Å²) in [6.07, 6.45) is 7.08. The Kier molecular flexibility index (Phi) is 3.20. The highest BCUT2D eigenvalue weighted by Gasteiger charge is 2.52. The van der Waals surface area contributed by atoms with Gasteiger partial charge in [-0.05, 0) is 44.6 Å². The Morgan fingerprint density at radius 1 is 1.26 bits per heavy atom. The Balaban J connectivity index is 1.50. The number of nitrogens with one attached hydrogen (secondary N) is 2. The van der Waals surface area contributed by atoms with Crippen LogP contribution in [0.1, 0.15) is 54.6 Å². The number of hydrogen-bond acceptors (Lipinski definition) is 4. The van der Waals surface area contributed by atoms with E-state index in [9.17, 15) is 9.59 Å². The second-order valence-electron chi connectivity index (χ2n) is 7.04. The van der Waals surface area contributed by atoms with E-state index in [1.807, 2.05) is 6.07 Å². The first-order valence-electron chi connectivity index (χ1n) is 8.20. The van der Waals surface area contributed by atoms with Gasteiger partial charge in [-0.2, -0.15) is 0 Å². The lowest BCUT2D eigenvalue weighted by Crippen LogP contribution is -2.51. The lowest BCUT2D eigenvalue weighted by molar-refractivity contribution is -0.148. The van der Waals surface area contributed by atoms with Gasteiger partial charge in [-0.15, -0.1) is 0 Å². The molecule has 6 heteroatoms. The number of anilines is 1. The van der Waals surface area contributed by atoms with Crippen molar-refractivity contribution in [2.24, 2.45) is 5.41 Å². The van der Waals surface area contributed by atoms with Crippen LogP contribution in [0.5, 0.6) is 0 Å². The Morgan fingerprint density at radius 3 is 2.61 bits per heavy atom. The van der Waals surface area contributed by atoms with Gasteiger partial charge in [0.15, 0.2) is 0 Å². The summed E-state index contributed by atoms with van der Waals surface area (Å²) in [5.74, 6) is -0.0622. The Hall–Kier alpha value is -1.95. The Labute approximate surface area is 135 Å². The van der Waals surface area contributed by atoms with Gasteiger partial charge in [-0.3, -0.25) is 9.59 Å². The molecule has 1 aromatic heterocycles. The summed E-state index contributed by atoms with van der Waals surface area (Å²) in [7, 11) is 1.78. The van der Waals surface area contributed by atoms with E-state index in [2.05, 4.69) is 15.6 Å². The van der Waals surface area contributed by atoms with Crippen LogP contribution in [-0.4, -0.2) is 29.5 Å². The van der Waals surface area contributed by atoms with Gasteiger partial charge in [0.1, 0.15) is 5.69 Å². The minimum absolute atomic E-state index is 0.00316. The SMILES string of the molecule is COC12CCC(C(=O)Nc3cnc4c(c3)CNC4=O)(CC1)CC2. The Morgan fingerprint density at radius 2 is 1.96 bits per heavy atom. The van der Waals surface area contributed by atoms with Crippen molar-refractivity contribution in [3.63, 3.8) is 0 Å². The number of ether oxygens (including phenoxy) is 1. The number of fused-ring (bicyclic) bond motifs is 4. The van der Waals surface area contributed by atoms with Gasteiger partial charge in [0.25, 0.3) is 5.91 Å². The minimum atomic E-state index is -0.270. The molecular formula is C17H21N3O3. The second-order valence-corrected chi connectivity index (χ2v) is 7.04. The average Bonchev–Trinajstić information content (AvgIpc) is 2.97. The van der Waals surface area contributed by atoms with E-state index in [-0.39, 0.29) is 22.8 Å². The van der Waals surface area contributed by atoms with E-state index in [4.69, 9.17) is 4.74 Å². The predicted molar refractivity (Wildman–Crippen MR) is 83.9 cm³/mol. The fourth-order valence-electron chi connectivity index (χ4n) is 4.24. The topological polar surface area (TPSA) is 80.3 Å². The fraction of sp³-hybridized carbons (Fsp3) is 0.588. The average molecular weight is 315 g/mol. The molecule has 1 aromatic rings. The molecule has 3 fully saturated rings. The molecule has 2 heterocycles. The summed E-state index contributed by atoms with van der Waals surface area (Å²) < 4.78 is 5.69. The molecule has 122 valence electrons. The highest BCUT2D eigenvalue weighted by Crippen LogP contribution is 2.54. The Bertz CT molecular complexity index is 661. The van der Waals surface area contributed by atoms with Gasteiger partial charge < -0.3 is 15.4 Å². The van der Waals surface area contributed by atoms with Crippen molar-refractivity contribution in [1.29, 1.82) is 0 Å². The molecule has 1 aliphatic heterocycles. The zero-order chi connectivity index (χ0) is 16.1. The van der Waals surface area contributed by atoms with Gasteiger partial charge in [0, 0.05) is 24.6 Å². The number of hydrogen-bond donors (Lipinski definition) is 2. The summed E-state index contributed by atoms with van der Waals surface area (Å²) >= 11 is 0. The molecule has 0 aromatic carbocycles. The van der Waals surface area contributed by atoms with Crippen molar-refractivity contribution >= 4 is 17.5 Å². The molecular weight excluding hydrogens is 294 g/mol. The molecule has 3 saturated carbocycles. The first-order chi connectivity index (χ1) is 11.1. The number of pyridine rings is 1. The minimum Gasteiger partial charge on any atom is -0.378 e. The predicted octanol–water partition coefficient (Wildman–Crippen LogP) is 2.00. The molecule has 0 saturated heterocycles. The van der Waals surface area contributed by atoms with Crippen LogP contribution >= 0.6 is 0 Å². The van der Waals surface area contributed by atoms with Crippen LogP contribution in [0.25, 0.3) is 0 Å². The molecule has 2 N–H and O–H groups in total. The maximum absolute atomic E-state index is 12.8. The van der Waals surface area contributed by atoms with Crippen LogP contribution in [0.15, 0.2) is 12.3 Å². The normalized spacial score (nSPS) is 31.6. The van der Waals surface area contributed by atoms with Crippen molar-refractivity contribution in [1.82, 2.24) is 10.3 Å². The van der Waals surface area contributed by atoms with Crippen molar-refractivity contribution in [2.75, 3.05) is 12.4 Å². The summed E-state index contributed by atoms with van der Waals surface area (Å²) in [5, 5.41) is 5.76. The van der Waals surface area contributed by atoms with Crippen LogP contribution in [-0.2, 0) is 16.1 Å². The third-order valence-corrected chi connectivity index (χ3v) is 5.97. The van der Waals surface area contributed by atoms with E-state index in [0.717, 1.165) is 44.1 Å². The third-order valence-electron chi connectivity index (χ3n) is 5.97. The smallest absolute Gasteiger partial charge is 0.270 e. The molecule has 23 heavy (non-hydrogen) atoms. The van der Waals surface area contributed by atoms with Crippen molar-refractivity contribution < 1.29 is 14.3 Å². The van der Waals surface area contributed by atoms with E-state index < -0.39 is 0 Å². The van der Waals surface area contributed by atoms with Gasteiger partial charge in [-0.1, -0.05) is 0 Å². The maximum atomic E-state index is 12.8. The van der Waals surface area contributed by atoms with Crippen molar-refractivity contribution in [2.45, 2.75) is 50.7 Å². The first-order valence-corrected chi connectivity index (χ1v) is 8.20. The lowest BCUT2D eigenvalue weighted by atomic mass is 9.58. The second kappa shape index (κ2) is 5.03. The van der Waals surface area contributed by atoms with Gasteiger partial charge in [0.05, 0.1) is 17.5 Å². The van der Waals surface area contributed by atoms with Gasteiger partial charge in [0.2, 0.25) is 5.91 Å². The molecule has 2 bridgehead atoms. The molecule has 0 spiro atoms. The largest absolute Gasteiger partial charge is 0.378 e. The van der Waals surface area contributed by atoms with Crippen LogP contribution in [0.4, 0.5) is 5.69 Å². The molecule has 0 atom stereocenters. The fourth-order valence-corrected chi connectivity index (χ4v) is 4.24. The number of amides is 2. The molecule has 3 aliphatic carbocycles. The van der Waals surface area contributed by atoms with E-state index in [1.165, 1.54) is 0 Å². The monoisotopic (exact) mass is 315 g/mol. The number of aromatic nitrogens is 1. The number of rotatable bonds is 3. The molecule has 0 radical (unpaired) electrons. The standard InChI is InChI=1S/C17H21N3O3/c1-23-17-5-2-16(3-6-17,4-7-17)15(22)20-12-8-11-9-19-14(21)13(11)18-10-12/h8,10H,2-7,9H2,1H3,(H,19,21)(H,20,22). The maximum Gasteiger partial charge on any atom is 0.270 e. The molecule has 6 nitrogen and oxygen atoms in total. The molecule has 2 amide bonds. The van der Waals surface area contributed by atoms with Crippen LogP contribution in [0, 0.1) is 5.41 Å². The van der Waals surface area contributed by atoms with Gasteiger partial charge >= 0.3 is 0 Å². The summed E-state index contributed by atoms with van der Waals surface area (Å²) in [6.45, 7) is 0.479. The zero-order valence-electron chi connectivity index (χ0n) is 13.3. The van der Waals surface area contributed by atoms with E-state index in [1.54, 1.807) is 13.3 Å². The highest BCUT2D eigenvalue weighted by atomic mass is 16.5. The van der Waals surface area contributed by atoms with Crippen LogP contribution < -0.4 is 10.6 Å². The molecule has 0 unspecified atom stereocenters. The summed E-state index contributed by atoms with van der Waals surface area (Å²) in [4.78, 5) is 28.5. The van der Waals surface area contributed by atoms with Gasteiger partial charge in [-0.25, -0.2) is 4.98 Å². The quantitative estimate of drug-likeness (QED) is 0.894. The zero-order valence-corrected chi connectivity index (χ0v) is 13.3.